The number of nitrogens with two attached hydrogens (primary N) is 1. The fourth-order valence-corrected chi connectivity index (χ4v) is 3.37. The largest absolute Gasteiger partial charge is 0.308 e. The highest BCUT2D eigenvalue weighted by atomic mass is 32.1. The zero-order chi connectivity index (χ0) is 13.4. The van der Waals surface area contributed by atoms with Crippen LogP contribution in [0.3, 0.4) is 0 Å². The van der Waals surface area contributed by atoms with Crippen LogP contribution in [0.2, 0.25) is 0 Å². The number of fused-ring (bicyclic) bond motifs is 1. The van der Waals surface area contributed by atoms with E-state index >= 15 is 0 Å². The molecule has 0 aliphatic heterocycles. The number of nitrogens with zero attached hydrogens (tertiary/aromatic N) is 2. The zero-order valence-corrected chi connectivity index (χ0v) is 11.6. The number of thiophene rings is 1. The van der Waals surface area contributed by atoms with Gasteiger partial charge in [-0.05, 0) is 19.4 Å². The Hall–Kier alpha value is -1.98. The second kappa shape index (κ2) is 4.60. The number of hydrazine groups is 1. The molecule has 3 rings (SSSR count). The van der Waals surface area contributed by atoms with Gasteiger partial charge in [-0.15, -0.1) is 11.3 Å². The van der Waals surface area contributed by atoms with Gasteiger partial charge in [-0.3, -0.25) is 0 Å². The van der Waals surface area contributed by atoms with Crippen LogP contribution in [0.1, 0.15) is 10.7 Å². The van der Waals surface area contributed by atoms with Crippen molar-refractivity contribution in [1.82, 2.24) is 9.97 Å². The summed E-state index contributed by atoms with van der Waals surface area (Å²) >= 11 is 1.67. The number of hydrogen-bond acceptors (Lipinski definition) is 5. The fourth-order valence-electron chi connectivity index (χ4n) is 2.27. The van der Waals surface area contributed by atoms with Gasteiger partial charge in [0.1, 0.15) is 10.7 Å². The Morgan fingerprint density at radius 2 is 1.84 bits per heavy atom. The summed E-state index contributed by atoms with van der Waals surface area (Å²) in [6, 6.07) is 10.3. The van der Waals surface area contributed by atoms with E-state index in [1.54, 1.807) is 11.3 Å². The van der Waals surface area contributed by atoms with Gasteiger partial charge in [-0.2, -0.15) is 0 Å². The monoisotopic (exact) mass is 270 g/mol. The smallest absolute Gasteiger partial charge is 0.153 e. The van der Waals surface area contributed by atoms with Crippen molar-refractivity contribution in [2.75, 3.05) is 5.43 Å². The van der Waals surface area contributed by atoms with E-state index in [0.717, 1.165) is 27.2 Å². The molecule has 0 amide bonds. The Morgan fingerprint density at radius 1 is 1.11 bits per heavy atom. The molecule has 0 radical (unpaired) electrons. The predicted molar refractivity (Wildman–Crippen MR) is 80.1 cm³/mol. The summed E-state index contributed by atoms with van der Waals surface area (Å²) in [5.41, 5.74) is 5.01. The predicted octanol–water partition coefficient (Wildman–Crippen LogP) is 3.26. The first-order chi connectivity index (χ1) is 9.20. The normalized spacial score (nSPS) is 10.9. The van der Waals surface area contributed by atoms with Crippen LogP contribution in [0, 0.1) is 13.8 Å². The molecule has 1 aromatic carbocycles. The van der Waals surface area contributed by atoms with Crippen LogP contribution in [0.4, 0.5) is 5.82 Å². The number of hydrogen-bond donors (Lipinski definition) is 2. The SMILES string of the molecule is Cc1nc(NN)c2c(-c3ccccc3)c(C)sc2n1. The Labute approximate surface area is 115 Å². The first kappa shape index (κ1) is 12.1. The average Bonchev–Trinajstić information content (AvgIpc) is 2.74. The summed E-state index contributed by atoms with van der Waals surface area (Å²) in [5, 5.41) is 1.00. The number of anilines is 1. The number of aryl methyl sites for hydroxylation is 2. The topological polar surface area (TPSA) is 63.8 Å². The molecule has 0 aliphatic carbocycles. The minimum Gasteiger partial charge on any atom is -0.308 e. The highest BCUT2D eigenvalue weighted by Gasteiger charge is 2.16. The number of nitrogens with one attached hydrogen (secondary N) is 1. The summed E-state index contributed by atoms with van der Waals surface area (Å²) in [4.78, 5) is 11.1. The van der Waals surface area contributed by atoms with Gasteiger partial charge in [-0.25, -0.2) is 15.8 Å². The van der Waals surface area contributed by atoms with E-state index in [1.807, 2.05) is 25.1 Å². The molecule has 0 unspecified atom stereocenters. The lowest BCUT2D eigenvalue weighted by Gasteiger charge is -2.06. The Morgan fingerprint density at radius 3 is 2.53 bits per heavy atom. The molecule has 96 valence electrons. The summed E-state index contributed by atoms with van der Waals surface area (Å²) in [7, 11) is 0. The summed E-state index contributed by atoms with van der Waals surface area (Å²) in [5.74, 6) is 7.01. The molecule has 0 aliphatic rings. The van der Waals surface area contributed by atoms with E-state index in [2.05, 4.69) is 34.5 Å². The molecule has 0 saturated carbocycles. The van der Waals surface area contributed by atoms with E-state index in [9.17, 15) is 0 Å². The summed E-state index contributed by atoms with van der Waals surface area (Å²) in [6.07, 6.45) is 0. The van der Waals surface area contributed by atoms with Crippen molar-refractivity contribution in [3.63, 3.8) is 0 Å². The number of benzene rings is 1. The zero-order valence-electron chi connectivity index (χ0n) is 10.8. The van der Waals surface area contributed by atoms with Crippen molar-refractivity contribution in [3.8, 4) is 11.1 Å². The average molecular weight is 270 g/mol. The molecule has 2 aromatic heterocycles. The molecular weight excluding hydrogens is 256 g/mol. The maximum absolute atomic E-state index is 5.61. The van der Waals surface area contributed by atoms with Gasteiger partial charge in [0.05, 0.1) is 5.39 Å². The second-order valence-corrected chi connectivity index (χ2v) is 5.55. The van der Waals surface area contributed by atoms with Crippen molar-refractivity contribution >= 4 is 27.4 Å². The quantitative estimate of drug-likeness (QED) is 0.554. The molecule has 0 atom stereocenters. The maximum atomic E-state index is 5.61. The highest BCUT2D eigenvalue weighted by Crippen LogP contribution is 2.40. The van der Waals surface area contributed by atoms with Crippen molar-refractivity contribution in [3.05, 3.63) is 41.0 Å². The van der Waals surface area contributed by atoms with E-state index in [4.69, 9.17) is 5.84 Å². The Kier molecular flexibility index (Phi) is 2.93. The van der Waals surface area contributed by atoms with Crippen molar-refractivity contribution in [1.29, 1.82) is 0 Å². The van der Waals surface area contributed by atoms with E-state index in [0.29, 0.717) is 5.82 Å². The van der Waals surface area contributed by atoms with Gasteiger partial charge in [-0.1, -0.05) is 30.3 Å². The van der Waals surface area contributed by atoms with Crippen LogP contribution >= 0.6 is 11.3 Å². The van der Waals surface area contributed by atoms with Crippen LogP contribution in [-0.4, -0.2) is 9.97 Å². The third-order valence-corrected chi connectivity index (χ3v) is 4.04. The van der Waals surface area contributed by atoms with E-state index in [-0.39, 0.29) is 0 Å². The molecular formula is C14H14N4S. The van der Waals surface area contributed by atoms with Gasteiger partial charge in [0.2, 0.25) is 0 Å². The Balaban J connectivity index is 2.39. The molecule has 3 N–H and O–H groups in total. The Bertz CT molecular complexity index is 734. The van der Waals surface area contributed by atoms with Gasteiger partial charge in [0.15, 0.2) is 5.82 Å². The third-order valence-electron chi connectivity index (χ3n) is 3.04. The molecule has 4 nitrogen and oxygen atoms in total. The molecule has 19 heavy (non-hydrogen) atoms. The van der Waals surface area contributed by atoms with E-state index in [1.165, 1.54) is 4.88 Å². The first-order valence-electron chi connectivity index (χ1n) is 6.00. The van der Waals surface area contributed by atoms with Gasteiger partial charge < -0.3 is 5.43 Å². The lowest BCUT2D eigenvalue weighted by atomic mass is 10.0. The maximum Gasteiger partial charge on any atom is 0.153 e. The van der Waals surface area contributed by atoms with Crippen LogP contribution in [0.25, 0.3) is 21.3 Å². The van der Waals surface area contributed by atoms with Crippen LogP contribution < -0.4 is 11.3 Å². The van der Waals surface area contributed by atoms with Crippen LogP contribution in [0.15, 0.2) is 30.3 Å². The minimum absolute atomic E-state index is 0.686. The lowest BCUT2D eigenvalue weighted by molar-refractivity contribution is 1.09. The van der Waals surface area contributed by atoms with Gasteiger partial charge in [0.25, 0.3) is 0 Å². The molecule has 3 aromatic rings. The first-order valence-corrected chi connectivity index (χ1v) is 6.82. The molecule has 5 heteroatoms. The molecule has 0 saturated heterocycles. The van der Waals surface area contributed by atoms with Crippen molar-refractivity contribution < 1.29 is 0 Å². The van der Waals surface area contributed by atoms with Gasteiger partial charge in [0, 0.05) is 10.4 Å². The van der Waals surface area contributed by atoms with Crippen molar-refractivity contribution in [2.45, 2.75) is 13.8 Å². The minimum atomic E-state index is 0.686. The molecule has 2 heterocycles. The number of nitrogen functional groups attached to an aromatic ring is 1. The highest BCUT2D eigenvalue weighted by molar-refractivity contribution is 7.19. The number of aromatic nitrogens is 2. The fraction of sp³-hybridized carbons (Fsp3) is 0.143. The standard InChI is InChI=1S/C14H14N4S/c1-8-11(10-6-4-3-5-7-10)12-13(18-15)16-9(2)17-14(12)19-8/h3-7H,15H2,1-2H3,(H,16,17,18). The van der Waals surface area contributed by atoms with Crippen molar-refractivity contribution in [2.24, 2.45) is 5.84 Å². The number of rotatable bonds is 2. The van der Waals surface area contributed by atoms with Crippen LogP contribution in [0.5, 0.6) is 0 Å². The third kappa shape index (κ3) is 1.97. The lowest BCUT2D eigenvalue weighted by Crippen LogP contribution is -2.10. The summed E-state index contributed by atoms with van der Waals surface area (Å²) < 4.78 is 0. The van der Waals surface area contributed by atoms with E-state index < -0.39 is 0 Å². The molecule has 0 bridgehead atoms. The van der Waals surface area contributed by atoms with Gasteiger partial charge >= 0.3 is 0 Å². The van der Waals surface area contributed by atoms with Crippen LogP contribution in [-0.2, 0) is 0 Å². The summed E-state index contributed by atoms with van der Waals surface area (Å²) in [6.45, 7) is 3.97. The molecule has 0 fully saturated rings. The second-order valence-electron chi connectivity index (χ2n) is 4.34. The molecule has 0 spiro atoms.